The number of anilines is 1. The second-order valence-corrected chi connectivity index (χ2v) is 9.23. The Morgan fingerprint density at radius 2 is 1.76 bits per heavy atom. The third-order valence-electron chi connectivity index (χ3n) is 6.66. The molecular formula is C23H31N3O3. The largest absolute Gasteiger partial charge is 0.382 e. The van der Waals surface area contributed by atoms with E-state index in [4.69, 9.17) is 0 Å². The molecule has 3 aliphatic rings. The highest BCUT2D eigenvalue weighted by Crippen LogP contribution is 2.32. The molecule has 0 spiro atoms. The van der Waals surface area contributed by atoms with Crippen LogP contribution < -0.4 is 10.6 Å². The van der Waals surface area contributed by atoms with Crippen LogP contribution in [0, 0.1) is 11.8 Å². The van der Waals surface area contributed by atoms with Gasteiger partial charge in [0.05, 0.1) is 0 Å². The van der Waals surface area contributed by atoms with Crippen LogP contribution in [0.3, 0.4) is 0 Å². The third-order valence-corrected chi connectivity index (χ3v) is 6.66. The van der Waals surface area contributed by atoms with Crippen LogP contribution in [0.5, 0.6) is 0 Å². The number of carbonyl (C=O) groups excluding carboxylic acids is 3. The SMILES string of the molecule is CC1CCCC(C)CC(Nc2ccc3c(c2)CN(C2CCC(=O)NC2=O)C3=O)C1. The fourth-order valence-corrected chi connectivity index (χ4v) is 5.14. The molecular weight excluding hydrogens is 366 g/mol. The highest BCUT2D eigenvalue weighted by atomic mass is 16.2. The van der Waals surface area contributed by atoms with E-state index in [-0.39, 0.29) is 24.1 Å². The Morgan fingerprint density at radius 1 is 1.03 bits per heavy atom. The molecule has 2 heterocycles. The monoisotopic (exact) mass is 397 g/mol. The molecule has 2 fully saturated rings. The normalized spacial score (nSPS) is 30.4. The number of fused-ring (bicyclic) bond motifs is 1. The van der Waals surface area contributed by atoms with Gasteiger partial charge in [-0.05, 0) is 54.9 Å². The van der Waals surface area contributed by atoms with Gasteiger partial charge in [0.1, 0.15) is 6.04 Å². The van der Waals surface area contributed by atoms with Crippen molar-refractivity contribution in [2.75, 3.05) is 5.32 Å². The minimum Gasteiger partial charge on any atom is -0.382 e. The van der Waals surface area contributed by atoms with Gasteiger partial charge in [-0.2, -0.15) is 0 Å². The van der Waals surface area contributed by atoms with Crippen LogP contribution in [0.1, 0.15) is 74.7 Å². The molecule has 0 aromatic heterocycles. The Morgan fingerprint density at radius 3 is 2.45 bits per heavy atom. The van der Waals surface area contributed by atoms with E-state index in [1.54, 1.807) is 4.90 Å². The second kappa shape index (κ2) is 8.17. The van der Waals surface area contributed by atoms with Crippen LogP contribution in [-0.2, 0) is 16.1 Å². The maximum Gasteiger partial charge on any atom is 0.255 e. The van der Waals surface area contributed by atoms with Crippen molar-refractivity contribution in [3.05, 3.63) is 29.3 Å². The lowest BCUT2D eigenvalue weighted by Crippen LogP contribution is -2.52. The van der Waals surface area contributed by atoms with Gasteiger partial charge < -0.3 is 10.2 Å². The molecule has 29 heavy (non-hydrogen) atoms. The van der Waals surface area contributed by atoms with Crippen molar-refractivity contribution in [3.63, 3.8) is 0 Å². The number of hydrogen-bond acceptors (Lipinski definition) is 4. The van der Waals surface area contributed by atoms with E-state index in [0.717, 1.165) is 23.1 Å². The lowest BCUT2D eigenvalue weighted by molar-refractivity contribution is -0.136. The average molecular weight is 398 g/mol. The van der Waals surface area contributed by atoms with E-state index in [1.807, 2.05) is 12.1 Å². The number of nitrogens with zero attached hydrogens (tertiary/aromatic N) is 1. The molecule has 156 valence electrons. The molecule has 6 heteroatoms. The maximum absolute atomic E-state index is 12.8. The van der Waals surface area contributed by atoms with Crippen molar-refractivity contribution in [1.82, 2.24) is 10.2 Å². The zero-order chi connectivity index (χ0) is 20.5. The standard InChI is InChI=1S/C23H31N3O3/c1-14-4-3-5-15(2)11-18(10-14)24-17-6-7-19-16(12-17)13-26(23(19)29)20-8-9-21(27)25-22(20)28/h6-7,12,14-15,18,20,24H,3-5,8-11,13H2,1-2H3,(H,25,27,28). The number of carbonyl (C=O) groups is 3. The number of imide groups is 1. The highest BCUT2D eigenvalue weighted by Gasteiger charge is 2.39. The van der Waals surface area contributed by atoms with Gasteiger partial charge in [0, 0.05) is 30.3 Å². The van der Waals surface area contributed by atoms with Crippen LogP contribution in [0.25, 0.3) is 0 Å². The molecule has 3 unspecified atom stereocenters. The van der Waals surface area contributed by atoms with Gasteiger partial charge in [-0.3, -0.25) is 19.7 Å². The minimum atomic E-state index is -0.559. The van der Waals surface area contributed by atoms with Crippen LogP contribution in [0.15, 0.2) is 18.2 Å². The van der Waals surface area contributed by atoms with E-state index in [0.29, 0.717) is 24.6 Å². The molecule has 0 radical (unpaired) electrons. The van der Waals surface area contributed by atoms with E-state index < -0.39 is 6.04 Å². The number of amides is 3. The zero-order valence-electron chi connectivity index (χ0n) is 17.4. The van der Waals surface area contributed by atoms with Gasteiger partial charge in [-0.1, -0.05) is 33.1 Å². The first-order valence-electron chi connectivity index (χ1n) is 10.9. The van der Waals surface area contributed by atoms with E-state index in [2.05, 4.69) is 30.5 Å². The quantitative estimate of drug-likeness (QED) is 0.766. The van der Waals surface area contributed by atoms with Gasteiger partial charge in [-0.25, -0.2) is 0 Å². The van der Waals surface area contributed by atoms with Crippen molar-refractivity contribution in [1.29, 1.82) is 0 Å². The predicted octanol–water partition coefficient (Wildman–Crippen LogP) is 3.46. The summed E-state index contributed by atoms with van der Waals surface area (Å²) in [4.78, 5) is 38.1. The van der Waals surface area contributed by atoms with Gasteiger partial charge in [-0.15, -0.1) is 0 Å². The first-order valence-corrected chi connectivity index (χ1v) is 10.9. The summed E-state index contributed by atoms with van der Waals surface area (Å²) in [5.74, 6) is 0.704. The number of piperidine rings is 1. The third kappa shape index (κ3) is 4.31. The number of nitrogens with one attached hydrogen (secondary N) is 2. The molecule has 4 rings (SSSR count). The fraction of sp³-hybridized carbons (Fsp3) is 0.609. The van der Waals surface area contributed by atoms with Crippen molar-refractivity contribution >= 4 is 23.4 Å². The summed E-state index contributed by atoms with van der Waals surface area (Å²) in [5, 5.41) is 6.06. The molecule has 0 bridgehead atoms. The highest BCUT2D eigenvalue weighted by molar-refractivity contribution is 6.05. The summed E-state index contributed by atoms with van der Waals surface area (Å²) in [6.07, 6.45) is 6.93. The summed E-state index contributed by atoms with van der Waals surface area (Å²) in [7, 11) is 0. The Bertz CT molecular complexity index is 810. The molecule has 1 aromatic carbocycles. The van der Waals surface area contributed by atoms with E-state index in [1.165, 1.54) is 32.1 Å². The van der Waals surface area contributed by atoms with Crippen LogP contribution in [0.2, 0.25) is 0 Å². The Kier molecular flexibility index (Phi) is 5.61. The molecule has 3 amide bonds. The molecule has 1 saturated heterocycles. The summed E-state index contributed by atoms with van der Waals surface area (Å²) in [5.41, 5.74) is 2.67. The van der Waals surface area contributed by atoms with Crippen molar-refractivity contribution in [3.8, 4) is 0 Å². The first-order chi connectivity index (χ1) is 13.9. The lowest BCUT2D eigenvalue weighted by atomic mass is 9.84. The van der Waals surface area contributed by atoms with Crippen molar-refractivity contribution in [2.24, 2.45) is 11.8 Å². The van der Waals surface area contributed by atoms with Crippen LogP contribution in [-0.4, -0.2) is 34.7 Å². The topological polar surface area (TPSA) is 78.5 Å². The second-order valence-electron chi connectivity index (χ2n) is 9.23. The summed E-state index contributed by atoms with van der Waals surface area (Å²) in [6, 6.07) is 5.81. The average Bonchev–Trinajstić information content (AvgIpc) is 2.96. The fourth-order valence-electron chi connectivity index (χ4n) is 5.14. The molecule has 2 aliphatic heterocycles. The lowest BCUT2D eigenvalue weighted by Gasteiger charge is -2.29. The zero-order valence-corrected chi connectivity index (χ0v) is 17.4. The minimum absolute atomic E-state index is 0.116. The number of rotatable bonds is 3. The maximum atomic E-state index is 12.8. The molecule has 2 N–H and O–H groups in total. The Labute approximate surface area is 172 Å². The molecule has 3 atom stereocenters. The number of benzene rings is 1. The van der Waals surface area contributed by atoms with E-state index in [9.17, 15) is 14.4 Å². The van der Waals surface area contributed by atoms with Crippen LogP contribution >= 0.6 is 0 Å². The molecule has 1 saturated carbocycles. The predicted molar refractivity (Wildman–Crippen MR) is 111 cm³/mol. The van der Waals surface area contributed by atoms with E-state index >= 15 is 0 Å². The Hall–Kier alpha value is -2.37. The summed E-state index contributed by atoms with van der Waals surface area (Å²) >= 11 is 0. The van der Waals surface area contributed by atoms with Gasteiger partial charge in [0.15, 0.2) is 0 Å². The Balaban J connectivity index is 1.47. The van der Waals surface area contributed by atoms with Gasteiger partial charge >= 0.3 is 0 Å². The van der Waals surface area contributed by atoms with Gasteiger partial charge in [0.25, 0.3) is 5.91 Å². The van der Waals surface area contributed by atoms with Crippen molar-refractivity contribution in [2.45, 2.75) is 77.4 Å². The molecule has 1 aliphatic carbocycles. The van der Waals surface area contributed by atoms with Crippen LogP contribution in [0.4, 0.5) is 5.69 Å². The molecule has 6 nitrogen and oxygen atoms in total. The first kappa shape index (κ1) is 19.9. The summed E-state index contributed by atoms with van der Waals surface area (Å²) < 4.78 is 0. The van der Waals surface area contributed by atoms with Gasteiger partial charge in [0.2, 0.25) is 11.8 Å². The smallest absolute Gasteiger partial charge is 0.255 e. The number of hydrogen-bond donors (Lipinski definition) is 2. The van der Waals surface area contributed by atoms with Crippen molar-refractivity contribution < 1.29 is 14.4 Å². The summed E-state index contributed by atoms with van der Waals surface area (Å²) in [6.45, 7) is 5.10. The molecule has 1 aromatic rings.